The molecule has 11 heteroatoms. The van der Waals surface area contributed by atoms with Crippen LogP contribution >= 0.6 is 0 Å². The fourth-order valence-corrected chi connectivity index (χ4v) is 8.65. The Labute approximate surface area is 283 Å². The van der Waals surface area contributed by atoms with Crippen molar-refractivity contribution in [2.75, 3.05) is 0 Å². The third kappa shape index (κ3) is 6.70. The van der Waals surface area contributed by atoms with Crippen LogP contribution in [0.15, 0.2) is 106 Å². The summed E-state index contributed by atoms with van der Waals surface area (Å²) in [5, 5.41) is 0.975. The second-order valence-electron chi connectivity index (χ2n) is 12.2. The van der Waals surface area contributed by atoms with Gasteiger partial charge in [0, 0.05) is 23.3 Å². The molecule has 0 unspecified atom stereocenters. The molecule has 0 spiro atoms. The van der Waals surface area contributed by atoms with Gasteiger partial charge >= 0.3 is 16.7 Å². The van der Waals surface area contributed by atoms with Crippen LogP contribution in [0.1, 0.15) is 44.5 Å². The van der Waals surface area contributed by atoms with Gasteiger partial charge in [-0.25, -0.2) is 21.3 Å². The van der Waals surface area contributed by atoms with E-state index >= 15 is 0 Å². The van der Waals surface area contributed by atoms with E-state index in [1.807, 2.05) is 88.4 Å². The Bertz CT molecular complexity index is 2340. The van der Waals surface area contributed by atoms with Crippen LogP contribution in [0.3, 0.4) is 0 Å². The zero-order valence-electron chi connectivity index (χ0n) is 27.1. The van der Waals surface area contributed by atoms with Crippen molar-refractivity contribution in [1.82, 2.24) is 0 Å². The van der Waals surface area contributed by atoms with Crippen molar-refractivity contribution in [1.29, 1.82) is 0 Å². The lowest BCUT2D eigenvalue weighted by atomic mass is 9.92. The molecular formula is C38H32F3NO5S2. The highest BCUT2D eigenvalue weighted by atomic mass is 32.3. The normalized spacial score (nSPS) is 12.6. The van der Waals surface area contributed by atoms with E-state index in [4.69, 9.17) is 4.42 Å². The molecule has 0 saturated carbocycles. The van der Waals surface area contributed by atoms with Crippen LogP contribution in [-0.2, 0) is 32.9 Å². The third-order valence-corrected chi connectivity index (χ3v) is 11.9. The number of halogens is 3. The molecule has 6 nitrogen and oxygen atoms in total. The van der Waals surface area contributed by atoms with E-state index in [9.17, 15) is 30.0 Å². The predicted molar refractivity (Wildman–Crippen MR) is 187 cm³/mol. The summed E-state index contributed by atoms with van der Waals surface area (Å²) < 4.78 is 99.1. The van der Waals surface area contributed by atoms with E-state index in [-0.39, 0.29) is 5.56 Å². The van der Waals surface area contributed by atoms with Gasteiger partial charge in [0.1, 0.15) is 10.0 Å². The van der Waals surface area contributed by atoms with E-state index < -0.39 is 30.5 Å². The van der Waals surface area contributed by atoms with E-state index in [1.165, 1.54) is 18.2 Å². The summed E-state index contributed by atoms with van der Waals surface area (Å²) in [6.07, 6.45) is 1.20. The van der Waals surface area contributed by atoms with Gasteiger partial charge in [0.15, 0.2) is 10.0 Å². The molecule has 252 valence electrons. The first-order valence-corrected chi connectivity index (χ1v) is 18.3. The molecule has 0 aliphatic rings. The fourth-order valence-electron chi connectivity index (χ4n) is 6.26. The van der Waals surface area contributed by atoms with Crippen molar-refractivity contribution >= 4 is 42.0 Å². The maximum atomic E-state index is 13.3. The summed E-state index contributed by atoms with van der Waals surface area (Å²) in [6, 6.07) is 28.6. The first kappa shape index (κ1) is 34.3. The average Bonchev–Trinajstić information content (AvgIpc) is 3.02. The molecule has 1 heterocycles. The molecule has 0 bridgehead atoms. The topological polar surface area (TPSA) is 93.7 Å². The zero-order chi connectivity index (χ0) is 35.3. The number of benzene rings is 5. The first-order chi connectivity index (χ1) is 23.1. The predicted octanol–water partition coefficient (Wildman–Crippen LogP) is 9.86. The third-order valence-electron chi connectivity index (χ3n) is 8.82. The van der Waals surface area contributed by atoms with Gasteiger partial charge in [-0.15, -0.1) is 0 Å². The molecule has 49 heavy (non-hydrogen) atoms. The molecule has 0 fully saturated rings. The zero-order valence-corrected chi connectivity index (χ0v) is 28.7. The fraction of sp³-hybridized carbons (Fsp3) is 0.184. The number of rotatable bonds is 8. The number of aryl methyl sites for hydroxylation is 4. The van der Waals surface area contributed by atoms with Crippen molar-refractivity contribution in [3.05, 3.63) is 146 Å². The minimum atomic E-state index is -6.35. The van der Waals surface area contributed by atoms with Gasteiger partial charge in [-0.3, -0.25) is 0 Å². The van der Waals surface area contributed by atoms with E-state index in [0.29, 0.717) is 40.3 Å². The van der Waals surface area contributed by atoms with E-state index in [2.05, 4.69) is 4.13 Å². The highest BCUT2D eigenvalue weighted by molar-refractivity contribution is 8.12. The average molecular weight is 704 g/mol. The lowest BCUT2D eigenvalue weighted by Gasteiger charge is -2.23. The van der Waals surface area contributed by atoms with Crippen molar-refractivity contribution in [3.63, 3.8) is 0 Å². The molecule has 6 rings (SSSR count). The van der Waals surface area contributed by atoms with Crippen molar-refractivity contribution in [2.45, 2.75) is 50.9 Å². The molecule has 6 aromatic rings. The Balaban J connectivity index is 1.59. The SMILES string of the molecule is Cc1cccc(C)c1Cc1ccc2c(-c3ccccc3S(=O)(=O)[N-]S(=O)(=O)C(F)(F)F)c3ccc(Cc4c(C)cccc4C)cc3[o+]c2c1. The summed E-state index contributed by atoms with van der Waals surface area (Å²) in [4.78, 5) is -0.684. The molecule has 1 aromatic heterocycles. The van der Waals surface area contributed by atoms with Gasteiger partial charge in [0.05, 0.1) is 15.7 Å². The lowest BCUT2D eigenvalue weighted by Crippen LogP contribution is -2.24. The lowest BCUT2D eigenvalue weighted by molar-refractivity contribution is -0.0425. The Morgan fingerprint density at radius 2 is 1.06 bits per heavy atom. The molecule has 0 N–H and O–H groups in total. The van der Waals surface area contributed by atoms with Gasteiger partial charge in [0.25, 0.3) is 0 Å². The summed E-state index contributed by atoms with van der Waals surface area (Å²) in [5.74, 6) is 0. The van der Waals surface area contributed by atoms with Gasteiger partial charge < -0.3 is 4.13 Å². The number of alkyl halides is 3. The molecule has 0 radical (unpaired) electrons. The van der Waals surface area contributed by atoms with Gasteiger partial charge in [-0.2, -0.15) is 13.2 Å². The molecular weight excluding hydrogens is 672 g/mol. The maximum Gasteiger partial charge on any atom is 0.480 e. The molecule has 0 atom stereocenters. The molecule has 0 amide bonds. The van der Waals surface area contributed by atoms with Gasteiger partial charge in [0.2, 0.25) is 0 Å². The van der Waals surface area contributed by atoms with Crippen LogP contribution in [0.25, 0.3) is 37.2 Å². The quantitative estimate of drug-likeness (QED) is 0.116. The Hall–Kier alpha value is -4.58. The number of sulfonamides is 2. The van der Waals surface area contributed by atoms with Crippen LogP contribution in [0.4, 0.5) is 13.2 Å². The van der Waals surface area contributed by atoms with Gasteiger partial charge in [-0.1, -0.05) is 66.7 Å². The standard InChI is InChI=1S/C38H32F3NO5S2/c1-23-9-7-10-24(2)32(23)19-27-15-17-29-34(21-27)47-35-22-28(20-33-25(3)11-8-12-26(33)4)16-18-30(35)37(29)31-13-5-6-14-36(31)48(43,44)42-49(45,46)38(39,40)41/h5-18,21-22H,19-20H2,1-4H3. The smallest absolute Gasteiger partial charge is 0.424 e. The largest absolute Gasteiger partial charge is 0.480 e. The molecule has 0 aliphatic carbocycles. The van der Waals surface area contributed by atoms with E-state index in [1.54, 1.807) is 12.1 Å². The minimum absolute atomic E-state index is 0.0144. The van der Waals surface area contributed by atoms with Crippen molar-refractivity contribution in [2.24, 2.45) is 0 Å². The van der Waals surface area contributed by atoms with Gasteiger partial charge in [-0.05, 0) is 103 Å². The number of fused-ring (bicyclic) bond motifs is 2. The highest BCUT2D eigenvalue weighted by Crippen LogP contribution is 2.42. The summed E-state index contributed by atoms with van der Waals surface area (Å²) in [6.45, 7) is 8.16. The Morgan fingerprint density at radius 1 is 0.612 bits per heavy atom. The van der Waals surface area contributed by atoms with Crippen LogP contribution in [0, 0.1) is 27.7 Å². The highest BCUT2D eigenvalue weighted by Gasteiger charge is 2.41. The second-order valence-corrected chi connectivity index (χ2v) is 15.6. The van der Waals surface area contributed by atoms with E-state index in [0.717, 1.165) is 50.6 Å². The molecule has 0 saturated heterocycles. The first-order valence-electron chi connectivity index (χ1n) is 15.4. The number of hydrogen-bond acceptors (Lipinski definition) is 4. The Kier molecular flexibility index (Phi) is 8.89. The number of nitrogens with zero attached hydrogens (tertiary/aromatic N) is 1. The maximum absolute atomic E-state index is 13.3. The molecule has 0 aliphatic heterocycles. The van der Waals surface area contributed by atoms with Crippen LogP contribution in [0.2, 0.25) is 0 Å². The summed E-state index contributed by atoms with van der Waals surface area (Å²) in [7, 11) is -11.7. The Morgan fingerprint density at radius 3 is 1.51 bits per heavy atom. The summed E-state index contributed by atoms with van der Waals surface area (Å²) in [5.41, 5.74) is 3.97. The van der Waals surface area contributed by atoms with Crippen LogP contribution in [0.5, 0.6) is 0 Å². The minimum Gasteiger partial charge on any atom is -0.424 e. The van der Waals surface area contributed by atoms with Crippen molar-refractivity contribution < 1.29 is 34.4 Å². The van der Waals surface area contributed by atoms with Crippen LogP contribution in [-0.4, -0.2) is 22.3 Å². The van der Waals surface area contributed by atoms with Crippen molar-refractivity contribution in [3.8, 4) is 11.1 Å². The second kappa shape index (κ2) is 12.7. The number of hydrogen-bond donors (Lipinski definition) is 0. The summed E-state index contributed by atoms with van der Waals surface area (Å²) >= 11 is 0. The van der Waals surface area contributed by atoms with Crippen LogP contribution < -0.4 is 0 Å². The monoisotopic (exact) mass is 703 g/mol. The molecule has 5 aromatic carbocycles.